The number of hydrogen-bond donors (Lipinski definition) is 2. The molecule has 0 fully saturated rings. The molecule has 0 radical (unpaired) electrons. The van der Waals surface area contributed by atoms with Crippen LogP contribution in [0.5, 0.6) is 0 Å². The largest absolute Gasteiger partial charge is 0.481 e. The van der Waals surface area contributed by atoms with E-state index in [2.05, 4.69) is 23.7 Å². The fourth-order valence-electron chi connectivity index (χ4n) is 3.00. The molecule has 1 heterocycles. The summed E-state index contributed by atoms with van der Waals surface area (Å²) in [4.78, 5) is 23.5. The van der Waals surface area contributed by atoms with Gasteiger partial charge in [0.25, 0.3) is 5.91 Å². The molecule has 0 saturated heterocycles. The highest BCUT2D eigenvalue weighted by molar-refractivity contribution is 6.05. The number of carbonyl (C=O) groups excluding carboxylic acids is 1. The van der Waals surface area contributed by atoms with Crippen LogP contribution < -0.4 is 5.32 Å². The number of nitrogens with one attached hydrogen (secondary N) is 1. The van der Waals surface area contributed by atoms with Crippen LogP contribution in [0.4, 0.5) is 5.69 Å². The van der Waals surface area contributed by atoms with E-state index in [4.69, 9.17) is 5.11 Å². The van der Waals surface area contributed by atoms with Gasteiger partial charge in [-0.25, -0.2) is 0 Å². The molecule has 1 aromatic carbocycles. The average Bonchev–Trinajstić information content (AvgIpc) is 2.82. The molecule has 0 aliphatic heterocycles. The zero-order valence-electron chi connectivity index (χ0n) is 14.8. The third-order valence-electron chi connectivity index (χ3n) is 4.28. The second kappa shape index (κ2) is 6.91. The summed E-state index contributed by atoms with van der Waals surface area (Å²) in [5, 5.41) is 11.9. The molecule has 24 heavy (non-hydrogen) atoms. The van der Waals surface area contributed by atoms with Crippen molar-refractivity contribution < 1.29 is 14.7 Å². The summed E-state index contributed by atoms with van der Waals surface area (Å²) in [6.45, 7) is 9.75. The molecule has 1 unspecified atom stereocenters. The lowest BCUT2D eigenvalue weighted by atomic mass is 10.0. The molecule has 2 aromatic rings. The SMILES string of the molecule is Cc1cc(C(=O)Nc2ccc(C(C)C(=O)O)cc2)c(C)n1C(C)C. The Morgan fingerprint density at radius 2 is 1.67 bits per heavy atom. The smallest absolute Gasteiger partial charge is 0.310 e. The van der Waals surface area contributed by atoms with Gasteiger partial charge in [-0.15, -0.1) is 0 Å². The number of aromatic nitrogens is 1. The standard InChI is InChI=1S/C19H24N2O3/c1-11(2)21-12(3)10-17(14(21)5)18(22)20-16-8-6-15(7-9-16)13(4)19(23)24/h6-11,13H,1-5H3,(H,20,22)(H,23,24). The number of anilines is 1. The summed E-state index contributed by atoms with van der Waals surface area (Å²) in [6.07, 6.45) is 0. The van der Waals surface area contributed by atoms with Crippen molar-refractivity contribution in [3.8, 4) is 0 Å². The van der Waals surface area contributed by atoms with Crippen LogP contribution in [0.25, 0.3) is 0 Å². The monoisotopic (exact) mass is 328 g/mol. The van der Waals surface area contributed by atoms with Gasteiger partial charge in [0.2, 0.25) is 0 Å². The Morgan fingerprint density at radius 1 is 1.08 bits per heavy atom. The maximum atomic E-state index is 12.5. The Hall–Kier alpha value is -2.56. The molecule has 128 valence electrons. The van der Waals surface area contributed by atoms with Gasteiger partial charge in [-0.2, -0.15) is 0 Å². The third kappa shape index (κ3) is 3.50. The van der Waals surface area contributed by atoms with Crippen molar-refractivity contribution in [2.75, 3.05) is 5.32 Å². The molecular formula is C19H24N2O3. The van der Waals surface area contributed by atoms with Crippen LogP contribution in [0.3, 0.4) is 0 Å². The van der Waals surface area contributed by atoms with E-state index in [1.54, 1.807) is 31.2 Å². The number of nitrogens with zero attached hydrogens (tertiary/aromatic N) is 1. The number of aryl methyl sites for hydroxylation is 1. The average molecular weight is 328 g/mol. The van der Waals surface area contributed by atoms with E-state index in [-0.39, 0.29) is 5.91 Å². The number of rotatable bonds is 5. The summed E-state index contributed by atoms with van der Waals surface area (Å²) in [5.74, 6) is -1.60. The highest BCUT2D eigenvalue weighted by Gasteiger charge is 2.18. The Bertz CT molecular complexity index is 758. The van der Waals surface area contributed by atoms with Crippen LogP contribution in [0.15, 0.2) is 30.3 Å². The van der Waals surface area contributed by atoms with Gasteiger partial charge >= 0.3 is 5.97 Å². The maximum absolute atomic E-state index is 12.5. The van der Waals surface area contributed by atoms with E-state index in [9.17, 15) is 9.59 Å². The molecule has 5 nitrogen and oxygen atoms in total. The van der Waals surface area contributed by atoms with Crippen molar-refractivity contribution in [3.05, 3.63) is 52.8 Å². The quantitative estimate of drug-likeness (QED) is 0.867. The maximum Gasteiger partial charge on any atom is 0.310 e. The van der Waals surface area contributed by atoms with Gasteiger partial charge in [0.1, 0.15) is 0 Å². The molecule has 0 spiro atoms. The summed E-state index contributed by atoms with van der Waals surface area (Å²) in [5.41, 5.74) is 4.01. The van der Waals surface area contributed by atoms with Crippen LogP contribution >= 0.6 is 0 Å². The fourth-order valence-corrected chi connectivity index (χ4v) is 3.00. The van der Waals surface area contributed by atoms with Gasteiger partial charge in [0.15, 0.2) is 0 Å². The minimum atomic E-state index is -0.868. The fraction of sp³-hybridized carbons (Fsp3) is 0.368. The topological polar surface area (TPSA) is 71.3 Å². The zero-order chi connectivity index (χ0) is 18.0. The van der Waals surface area contributed by atoms with Gasteiger partial charge < -0.3 is 15.0 Å². The first-order chi connectivity index (χ1) is 11.2. The van der Waals surface area contributed by atoms with Crippen LogP contribution in [0.1, 0.15) is 60.0 Å². The van der Waals surface area contributed by atoms with E-state index < -0.39 is 11.9 Å². The number of carboxylic acid groups (broad SMARTS) is 1. The number of hydrogen-bond acceptors (Lipinski definition) is 2. The minimum Gasteiger partial charge on any atom is -0.481 e. The third-order valence-corrected chi connectivity index (χ3v) is 4.28. The summed E-state index contributed by atoms with van der Waals surface area (Å²) in [7, 11) is 0. The van der Waals surface area contributed by atoms with Crippen molar-refractivity contribution in [2.45, 2.75) is 46.6 Å². The number of carbonyl (C=O) groups is 2. The van der Waals surface area contributed by atoms with E-state index >= 15 is 0 Å². The first-order valence-corrected chi connectivity index (χ1v) is 8.05. The second-order valence-electron chi connectivity index (χ2n) is 6.38. The predicted octanol–water partition coefficient (Wildman–Crippen LogP) is 4.13. The van der Waals surface area contributed by atoms with Crippen LogP contribution in [0.2, 0.25) is 0 Å². The number of amides is 1. The van der Waals surface area contributed by atoms with E-state index in [0.717, 1.165) is 11.4 Å². The van der Waals surface area contributed by atoms with Gasteiger partial charge in [0.05, 0.1) is 11.5 Å². The lowest BCUT2D eigenvalue weighted by Crippen LogP contribution is -2.14. The molecule has 1 amide bonds. The van der Waals surface area contributed by atoms with E-state index in [0.29, 0.717) is 22.9 Å². The highest BCUT2D eigenvalue weighted by atomic mass is 16.4. The minimum absolute atomic E-state index is 0.158. The molecule has 2 rings (SSSR count). The molecule has 0 saturated carbocycles. The normalized spacial score (nSPS) is 12.2. The van der Waals surface area contributed by atoms with Crippen molar-refractivity contribution in [1.82, 2.24) is 4.57 Å². The molecular weight excluding hydrogens is 304 g/mol. The van der Waals surface area contributed by atoms with Crippen molar-refractivity contribution in [1.29, 1.82) is 0 Å². The Labute approximate surface area is 142 Å². The zero-order valence-corrected chi connectivity index (χ0v) is 14.8. The molecule has 0 aliphatic carbocycles. The van der Waals surface area contributed by atoms with Gasteiger partial charge in [-0.05, 0) is 58.4 Å². The Kier molecular flexibility index (Phi) is 5.12. The van der Waals surface area contributed by atoms with Crippen molar-refractivity contribution >= 4 is 17.6 Å². The summed E-state index contributed by atoms with van der Waals surface area (Å²) in [6, 6.07) is 9.11. The van der Waals surface area contributed by atoms with Crippen molar-refractivity contribution in [3.63, 3.8) is 0 Å². The molecule has 2 N–H and O–H groups in total. The summed E-state index contributed by atoms with van der Waals surface area (Å²) >= 11 is 0. The van der Waals surface area contributed by atoms with Gasteiger partial charge in [-0.3, -0.25) is 9.59 Å². The molecule has 1 atom stereocenters. The van der Waals surface area contributed by atoms with E-state index in [1.165, 1.54) is 0 Å². The Morgan fingerprint density at radius 3 is 2.12 bits per heavy atom. The molecule has 0 aliphatic rings. The van der Waals surface area contributed by atoms with Gasteiger partial charge in [-0.1, -0.05) is 12.1 Å². The summed E-state index contributed by atoms with van der Waals surface area (Å²) < 4.78 is 2.13. The predicted molar refractivity (Wildman–Crippen MR) is 94.7 cm³/mol. The first kappa shape index (κ1) is 17.8. The van der Waals surface area contributed by atoms with Crippen molar-refractivity contribution in [2.24, 2.45) is 0 Å². The first-order valence-electron chi connectivity index (χ1n) is 8.05. The lowest BCUT2D eigenvalue weighted by Gasteiger charge is -2.14. The van der Waals surface area contributed by atoms with E-state index in [1.807, 2.05) is 19.9 Å². The van der Waals surface area contributed by atoms with Crippen LogP contribution in [-0.4, -0.2) is 21.6 Å². The number of aliphatic carboxylic acids is 1. The van der Waals surface area contributed by atoms with Crippen LogP contribution in [-0.2, 0) is 4.79 Å². The Balaban J connectivity index is 2.19. The van der Waals surface area contributed by atoms with Crippen LogP contribution in [0, 0.1) is 13.8 Å². The number of carboxylic acids is 1. The number of benzene rings is 1. The highest BCUT2D eigenvalue weighted by Crippen LogP contribution is 2.22. The lowest BCUT2D eigenvalue weighted by molar-refractivity contribution is -0.138. The second-order valence-corrected chi connectivity index (χ2v) is 6.38. The molecule has 5 heteroatoms. The molecule has 1 aromatic heterocycles. The molecule has 0 bridgehead atoms. The van der Waals surface area contributed by atoms with Gasteiger partial charge in [0, 0.05) is 23.1 Å².